The van der Waals surface area contributed by atoms with Gasteiger partial charge in [-0.25, -0.2) is 8.42 Å². The van der Waals surface area contributed by atoms with Crippen molar-refractivity contribution >= 4 is 33.2 Å². The van der Waals surface area contributed by atoms with Crippen molar-refractivity contribution < 1.29 is 17.9 Å². The number of methoxy groups -OCH3 is 1. The number of anilines is 1. The van der Waals surface area contributed by atoms with Crippen LogP contribution in [0, 0.1) is 0 Å². The molecule has 2 aromatic carbocycles. The zero-order valence-electron chi connectivity index (χ0n) is 16.2. The van der Waals surface area contributed by atoms with Gasteiger partial charge in [0, 0.05) is 11.1 Å². The van der Waals surface area contributed by atoms with E-state index in [1.54, 1.807) is 36.4 Å². The lowest BCUT2D eigenvalue weighted by atomic mass is 10.2. The molecule has 6 nitrogen and oxygen atoms in total. The normalized spacial score (nSPS) is 12.3. The lowest BCUT2D eigenvalue weighted by Gasteiger charge is -2.25. The van der Waals surface area contributed by atoms with Gasteiger partial charge in [-0.15, -0.1) is 0 Å². The third-order valence-corrected chi connectivity index (χ3v) is 6.22. The first-order chi connectivity index (χ1) is 13.3. The maximum Gasteiger partial charge on any atom is 0.264 e. The Balaban J connectivity index is 2.36. The quantitative estimate of drug-likeness (QED) is 0.663. The minimum Gasteiger partial charge on any atom is -0.497 e. The van der Waals surface area contributed by atoms with E-state index in [1.807, 2.05) is 13.8 Å². The monoisotopic (exact) mass is 424 g/mol. The molecule has 0 saturated heterocycles. The maximum atomic E-state index is 13.2. The molecule has 0 bridgehead atoms. The molecule has 2 rings (SSSR count). The molecule has 2 aromatic rings. The number of rotatable bonds is 9. The largest absolute Gasteiger partial charge is 0.497 e. The van der Waals surface area contributed by atoms with Crippen LogP contribution in [0.4, 0.5) is 5.69 Å². The Morgan fingerprint density at radius 1 is 1.14 bits per heavy atom. The van der Waals surface area contributed by atoms with E-state index < -0.39 is 10.0 Å². The molecule has 0 spiro atoms. The number of sulfonamides is 1. The van der Waals surface area contributed by atoms with Crippen molar-refractivity contribution in [2.24, 2.45) is 0 Å². The minimum absolute atomic E-state index is 0.0340. The Hall–Kier alpha value is -2.25. The third kappa shape index (κ3) is 5.62. The number of hydrogen-bond donors (Lipinski definition) is 1. The summed E-state index contributed by atoms with van der Waals surface area (Å²) in [6.45, 7) is 3.59. The summed E-state index contributed by atoms with van der Waals surface area (Å²) in [6, 6.07) is 12.3. The van der Waals surface area contributed by atoms with Crippen molar-refractivity contribution in [3.05, 3.63) is 53.6 Å². The highest BCUT2D eigenvalue weighted by atomic mass is 35.5. The molecular formula is C20H25ClN2O4S. The summed E-state index contributed by atoms with van der Waals surface area (Å²) >= 11 is 5.93. The summed E-state index contributed by atoms with van der Waals surface area (Å²) in [5.74, 6) is 0.177. The first-order valence-electron chi connectivity index (χ1n) is 8.99. The standard InChI is InChI=1S/C20H25ClN2O4S/c1-4-5-15(2)22-20(24)14-23(17-8-6-16(21)7-9-17)28(25,26)19-12-10-18(27-3)11-13-19/h6-13,15H,4-5,14H2,1-3H3,(H,22,24)/t15-/m1/s1. The molecule has 1 atom stereocenters. The summed E-state index contributed by atoms with van der Waals surface area (Å²) in [6.07, 6.45) is 1.74. The SMILES string of the molecule is CCC[C@@H](C)NC(=O)CN(c1ccc(Cl)cc1)S(=O)(=O)c1ccc(OC)cc1. The second-order valence-corrected chi connectivity index (χ2v) is 8.72. The fourth-order valence-corrected chi connectivity index (χ4v) is 4.30. The molecule has 1 N–H and O–H groups in total. The predicted molar refractivity (Wildman–Crippen MR) is 111 cm³/mol. The molecule has 28 heavy (non-hydrogen) atoms. The summed E-state index contributed by atoms with van der Waals surface area (Å²) in [5.41, 5.74) is 0.360. The van der Waals surface area contributed by atoms with Gasteiger partial charge in [0.25, 0.3) is 10.0 Å². The van der Waals surface area contributed by atoms with Gasteiger partial charge in [0.15, 0.2) is 0 Å². The molecule has 0 heterocycles. The van der Waals surface area contributed by atoms with Crippen molar-refractivity contribution in [3.8, 4) is 5.75 Å². The molecule has 1 amide bonds. The van der Waals surface area contributed by atoms with Gasteiger partial charge in [-0.1, -0.05) is 24.9 Å². The number of nitrogens with zero attached hydrogens (tertiary/aromatic N) is 1. The summed E-state index contributed by atoms with van der Waals surface area (Å²) in [5, 5.41) is 3.32. The molecule has 152 valence electrons. The van der Waals surface area contributed by atoms with Crippen LogP contribution in [0.15, 0.2) is 53.4 Å². The molecule has 0 fully saturated rings. The number of amides is 1. The fraction of sp³-hybridized carbons (Fsp3) is 0.350. The zero-order valence-corrected chi connectivity index (χ0v) is 17.8. The topological polar surface area (TPSA) is 75.7 Å². The highest BCUT2D eigenvalue weighted by Gasteiger charge is 2.27. The van der Waals surface area contributed by atoms with Gasteiger partial charge < -0.3 is 10.1 Å². The van der Waals surface area contributed by atoms with E-state index in [2.05, 4.69) is 5.32 Å². The van der Waals surface area contributed by atoms with Crippen molar-refractivity contribution in [1.82, 2.24) is 5.32 Å². The molecule has 0 saturated carbocycles. The van der Waals surface area contributed by atoms with Gasteiger partial charge in [-0.3, -0.25) is 9.10 Å². The van der Waals surface area contributed by atoms with Crippen LogP contribution in [0.5, 0.6) is 5.75 Å². The van der Waals surface area contributed by atoms with Gasteiger partial charge in [-0.05, 0) is 61.9 Å². The Bertz CT molecular complexity index is 883. The Morgan fingerprint density at radius 3 is 2.29 bits per heavy atom. The smallest absolute Gasteiger partial charge is 0.264 e. The molecular weight excluding hydrogens is 400 g/mol. The second kappa shape index (κ2) is 9.80. The molecule has 0 unspecified atom stereocenters. The number of halogens is 1. The number of carbonyl (C=O) groups is 1. The van der Waals surface area contributed by atoms with Gasteiger partial charge >= 0.3 is 0 Å². The number of hydrogen-bond acceptors (Lipinski definition) is 4. The van der Waals surface area contributed by atoms with Crippen LogP contribution < -0.4 is 14.4 Å². The molecule has 0 aromatic heterocycles. The van der Waals surface area contributed by atoms with E-state index in [0.717, 1.165) is 17.1 Å². The number of benzene rings is 2. The summed E-state index contributed by atoms with van der Waals surface area (Å²) in [4.78, 5) is 12.6. The molecule has 8 heteroatoms. The van der Waals surface area contributed by atoms with E-state index in [9.17, 15) is 13.2 Å². The summed E-state index contributed by atoms with van der Waals surface area (Å²) in [7, 11) is -2.46. The van der Waals surface area contributed by atoms with Crippen LogP contribution >= 0.6 is 11.6 Å². The number of carbonyl (C=O) groups excluding carboxylic acids is 1. The average Bonchev–Trinajstić information content (AvgIpc) is 2.67. The van der Waals surface area contributed by atoms with Crippen molar-refractivity contribution in [2.45, 2.75) is 37.6 Å². The Kier molecular flexibility index (Phi) is 7.71. The third-order valence-electron chi connectivity index (χ3n) is 4.18. The zero-order chi connectivity index (χ0) is 20.7. The van der Waals surface area contributed by atoms with Gasteiger partial charge in [-0.2, -0.15) is 0 Å². The molecule has 0 aliphatic heterocycles. The Morgan fingerprint density at radius 2 is 1.75 bits per heavy atom. The Labute approximate surface area is 171 Å². The molecule has 0 aliphatic rings. The van der Waals surface area contributed by atoms with E-state index in [4.69, 9.17) is 16.3 Å². The van der Waals surface area contributed by atoms with Crippen LogP contribution in [-0.4, -0.2) is 34.0 Å². The van der Waals surface area contributed by atoms with E-state index >= 15 is 0 Å². The maximum absolute atomic E-state index is 13.2. The first kappa shape index (κ1) is 22.0. The van der Waals surface area contributed by atoms with Gasteiger partial charge in [0.05, 0.1) is 17.7 Å². The van der Waals surface area contributed by atoms with Crippen LogP contribution in [0.1, 0.15) is 26.7 Å². The fourth-order valence-electron chi connectivity index (χ4n) is 2.75. The highest BCUT2D eigenvalue weighted by molar-refractivity contribution is 7.92. The number of ether oxygens (including phenoxy) is 1. The van der Waals surface area contributed by atoms with E-state index in [-0.39, 0.29) is 23.4 Å². The second-order valence-electron chi connectivity index (χ2n) is 6.42. The first-order valence-corrected chi connectivity index (χ1v) is 10.8. The highest BCUT2D eigenvalue weighted by Crippen LogP contribution is 2.26. The van der Waals surface area contributed by atoms with Crippen LogP contribution in [0.3, 0.4) is 0 Å². The van der Waals surface area contributed by atoms with Crippen LogP contribution in [-0.2, 0) is 14.8 Å². The molecule has 0 radical (unpaired) electrons. The van der Waals surface area contributed by atoms with Crippen molar-refractivity contribution in [3.63, 3.8) is 0 Å². The lowest BCUT2D eigenvalue weighted by Crippen LogP contribution is -2.43. The minimum atomic E-state index is -3.96. The van der Waals surface area contributed by atoms with Crippen LogP contribution in [0.2, 0.25) is 5.02 Å². The van der Waals surface area contributed by atoms with E-state index in [1.165, 1.54) is 19.2 Å². The number of nitrogens with one attached hydrogen (secondary N) is 1. The predicted octanol–water partition coefficient (Wildman–Crippen LogP) is 3.85. The lowest BCUT2D eigenvalue weighted by molar-refractivity contribution is -0.120. The van der Waals surface area contributed by atoms with Crippen molar-refractivity contribution in [1.29, 1.82) is 0 Å². The van der Waals surface area contributed by atoms with Gasteiger partial charge in [0.2, 0.25) is 5.91 Å². The summed E-state index contributed by atoms with van der Waals surface area (Å²) < 4.78 is 32.6. The van der Waals surface area contributed by atoms with Crippen LogP contribution in [0.25, 0.3) is 0 Å². The van der Waals surface area contributed by atoms with Gasteiger partial charge in [0.1, 0.15) is 12.3 Å². The average molecular weight is 425 g/mol. The molecule has 0 aliphatic carbocycles. The van der Waals surface area contributed by atoms with E-state index in [0.29, 0.717) is 16.5 Å². The van der Waals surface area contributed by atoms with Crippen molar-refractivity contribution in [2.75, 3.05) is 18.0 Å².